The molecule has 6 nitrogen and oxygen atoms in total. The van der Waals surface area contributed by atoms with Gasteiger partial charge in [0.1, 0.15) is 5.82 Å². The minimum atomic E-state index is -0.853. The number of aliphatic hydroxyl groups is 1. The summed E-state index contributed by atoms with van der Waals surface area (Å²) in [5, 5.41) is 18.8. The lowest BCUT2D eigenvalue weighted by atomic mass is 9.84. The Morgan fingerprint density at radius 2 is 1.95 bits per heavy atom. The van der Waals surface area contributed by atoms with Gasteiger partial charge in [0.2, 0.25) is 0 Å². The molecule has 21 heavy (non-hydrogen) atoms. The van der Waals surface area contributed by atoms with E-state index in [4.69, 9.17) is 5.11 Å². The molecule has 6 heteroatoms. The van der Waals surface area contributed by atoms with Gasteiger partial charge in [-0.25, -0.2) is 9.78 Å². The Balaban J connectivity index is 1.56. The lowest BCUT2D eigenvalue weighted by Crippen LogP contribution is -2.56. The average Bonchev–Trinajstić information content (AvgIpc) is 2.24. The molecule has 2 N–H and O–H groups in total. The van der Waals surface area contributed by atoms with Crippen LogP contribution in [-0.2, 0) is 0 Å². The monoisotopic (exact) mass is 291 g/mol. The van der Waals surface area contributed by atoms with Crippen molar-refractivity contribution in [2.24, 2.45) is 5.92 Å². The maximum atomic E-state index is 10.7. The lowest BCUT2D eigenvalue weighted by Gasteiger charge is -2.46. The lowest BCUT2D eigenvalue weighted by molar-refractivity contribution is 0.00438. The molecule has 1 amide bonds. The summed E-state index contributed by atoms with van der Waals surface area (Å²) in [5.41, 5.74) is 0.457. The van der Waals surface area contributed by atoms with E-state index in [2.05, 4.69) is 9.88 Å². The Labute approximate surface area is 124 Å². The van der Waals surface area contributed by atoms with Crippen LogP contribution in [0.4, 0.5) is 10.6 Å². The van der Waals surface area contributed by atoms with Crippen molar-refractivity contribution in [2.75, 3.05) is 31.1 Å². The van der Waals surface area contributed by atoms with Gasteiger partial charge in [0.25, 0.3) is 0 Å². The van der Waals surface area contributed by atoms with Crippen molar-refractivity contribution in [3.8, 4) is 0 Å². The van der Waals surface area contributed by atoms with Gasteiger partial charge in [-0.2, -0.15) is 0 Å². The number of likely N-dealkylation sites (tertiary alicyclic amines) is 1. The zero-order valence-electron chi connectivity index (χ0n) is 12.4. The summed E-state index contributed by atoms with van der Waals surface area (Å²) < 4.78 is 0. The van der Waals surface area contributed by atoms with E-state index in [-0.39, 0.29) is 11.8 Å². The quantitative estimate of drug-likeness (QED) is 0.879. The normalized spacial score (nSPS) is 20.1. The van der Waals surface area contributed by atoms with E-state index in [1.807, 2.05) is 32.2 Å². The highest BCUT2D eigenvalue weighted by molar-refractivity contribution is 5.66. The first-order valence-electron chi connectivity index (χ1n) is 7.25. The number of hydrogen-bond acceptors (Lipinski definition) is 4. The van der Waals surface area contributed by atoms with Crippen molar-refractivity contribution in [3.05, 3.63) is 23.9 Å². The van der Waals surface area contributed by atoms with Crippen LogP contribution in [-0.4, -0.2) is 58.0 Å². The molecule has 2 fully saturated rings. The average molecular weight is 291 g/mol. The Morgan fingerprint density at radius 3 is 2.43 bits per heavy atom. The Hall–Kier alpha value is -1.82. The summed E-state index contributed by atoms with van der Waals surface area (Å²) in [6.45, 7) is 6.45. The van der Waals surface area contributed by atoms with Gasteiger partial charge in [-0.15, -0.1) is 0 Å². The third-order valence-electron chi connectivity index (χ3n) is 4.60. The first-order chi connectivity index (χ1) is 9.84. The van der Waals surface area contributed by atoms with E-state index in [1.165, 1.54) is 4.90 Å². The number of hydrogen-bond donors (Lipinski definition) is 2. The molecule has 2 aliphatic rings. The van der Waals surface area contributed by atoms with Gasteiger partial charge in [0.05, 0.1) is 5.60 Å². The highest BCUT2D eigenvalue weighted by Gasteiger charge is 2.38. The fourth-order valence-electron chi connectivity index (χ4n) is 2.78. The van der Waals surface area contributed by atoms with Crippen molar-refractivity contribution in [1.29, 1.82) is 0 Å². The first kappa shape index (κ1) is 14.1. The minimum Gasteiger partial charge on any atom is -0.465 e. The van der Waals surface area contributed by atoms with Crippen molar-refractivity contribution >= 4 is 11.9 Å². The maximum Gasteiger partial charge on any atom is 0.407 e. The van der Waals surface area contributed by atoms with Gasteiger partial charge >= 0.3 is 6.09 Å². The zero-order valence-corrected chi connectivity index (χ0v) is 12.4. The molecule has 0 saturated carbocycles. The predicted molar refractivity (Wildman–Crippen MR) is 78.6 cm³/mol. The van der Waals surface area contributed by atoms with Gasteiger partial charge in [-0.05, 0) is 25.5 Å². The number of anilines is 1. The van der Waals surface area contributed by atoms with Crippen LogP contribution < -0.4 is 4.90 Å². The summed E-state index contributed by atoms with van der Waals surface area (Å²) in [7, 11) is 0. The van der Waals surface area contributed by atoms with Crippen LogP contribution >= 0.6 is 0 Å². The fraction of sp³-hybridized carbons (Fsp3) is 0.600. The van der Waals surface area contributed by atoms with Crippen molar-refractivity contribution in [2.45, 2.75) is 25.4 Å². The van der Waals surface area contributed by atoms with Gasteiger partial charge in [0.15, 0.2) is 0 Å². The molecule has 0 spiro atoms. The first-order valence-corrected chi connectivity index (χ1v) is 7.25. The highest BCUT2D eigenvalue weighted by atomic mass is 16.4. The third-order valence-corrected chi connectivity index (χ3v) is 4.60. The molecule has 2 aliphatic heterocycles. The van der Waals surface area contributed by atoms with Crippen molar-refractivity contribution < 1.29 is 15.0 Å². The molecule has 0 aliphatic carbocycles. The van der Waals surface area contributed by atoms with E-state index in [0.29, 0.717) is 13.1 Å². The largest absolute Gasteiger partial charge is 0.465 e. The molecule has 3 rings (SSSR count). The van der Waals surface area contributed by atoms with E-state index in [0.717, 1.165) is 24.5 Å². The SMILES string of the molecule is CC(C)(O)C1CN(c2ccc(C3CN(C(=O)O)C3)cn2)C1. The predicted octanol–water partition coefficient (Wildman–Crippen LogP) is 1.37. The Morgan fingerprint density at radius 1 is 1.29 bits per heavy atom. The molecule has 0 bridgehead atoms. The van der Waals surface area contributed by atoms with E-state index in [9.17, 15) is 9.90 Å². The van der Waals surface area contributed by atoms with Crippen molar-refractivity contribution in [3.63, 3.8) is 0 Å². The molecule has 114 valence electrons. The molecule has 0 unspecified atom stereocenters. The summed E-state index contributed by atoms with van der Waals surface area (Å²) >= 11 is 0. The van der Waals surface area contributed by atoms with Gasteiger partial charge < -0.3 is 20.0 Å². The van der Waals surface area contributed by atoms with Gasteiger partial charge in [0, 0.05) is 44.2 Å². The molecule has 0 aromatic carbocycles. The smallest absolute Gasteiger partial charge is 0.407 e. The minimum absolute atomic E-state index is 0.267. The van der Waals surface area contributed by atoms with E-state index < -0.39 is 11.7 Å². The van der Waals surface area contributed by atoms with E-state index in [1.54, 1.807) is 0 Å². The summed E-state index contributed by atoms with van der Waals surface area (Å²) in [5.74, 6) is 1.48. The van der Waals surface area contributed by atoms with Crippen LogP contribution in [0.25, 0.3) is 0 Å². The maximum absolute atomic E-state index is 10.7. The summed E-state index contributed by atoms with van der Waals surface area (Å²) in [6, 6.07) is 4.02. The van der Waals surface area contributed by atoms with Crippen molar-refractivity contribution in [1.82, 2.24) is 9.88 Å². The number of nitrogens with zero attached hydrogens (tertiary/aromatic N) is 3. The topological polar surface area (TPSA) is 76.9 Å². The zero-order chi connectivity index (χ0) is 15.2. The number of pyridine rings is 1. The molecular formula is C15H21N3O3. The van der Waals surface area contributed by atoms with Gasteiger partial charge in [-0.3, -0.25) is 0 Å². The van der Waals surface area contributed by atoms with Gasteiger partial charge in [-0.1, -0.05) is 6.07 Å². The van der Waals surface area contributed by atoms with Crippen LogP contribution in [0, 0.1) is 5.92 Å². The second kappa shape index (κ2) is 4.87. The van der Waals surface area contributed by atoms with Crippen LogP contribution in [0.3, 0.4) is 0 Å². The molecular weight excluding hydrogens is 270 g/mol. The van der Waals surface area contributed by atoms with Crippen LogP contribution in [0.2, 0.25) is 0 Å². The molecule has 1 aromatic rings. The Bertz CT molecular complexity index is 526. The third kappa shape index (κ3) is 2.68. The second-order valence-electron chi connectivity index (χ2n) is 6.59. The second-order valence-corrected chi connectivity index (χ2v) is 6.59. The fourth-order valence-corrected chi connectivity index (χ4v) is 2.78. The number of amides is 1. The molecule has 0 atom stereocenters. The van der Waals surface area contributed by atoms with E-state index >= 15 is 0 Å². The van der Waals surface area contributed by atoms with Crippen LogP contribution in [0.1, 0.15) is 25.3 Å². The molecule has 0 radical (unpaired) electrons. The number of rotatable bonds is 3. The Kier molecular flexibility index (Phi) is 3.28. The standard InChI is InChI=1S/C15H21N3O3/c1-15(2,21)12-8-17(9-12)13-4-3-10(5-16-13)11-6-18(7-11)14(19)20/h3-5,11-12,21H,6-9H2,1-2H3,(H,19,20). The van der Waals surface area contributed by atoms with Crippen LogP contribution in [0.5, 0.6) is 0 Å². The molecule has 1 aromatic heterocycles. The summed E-state index contributed by atoms with van der Waals surface area (Å²) in [6.07, 6.45) is 0.991. The van der Waals surface area contributed by atoms with Crippen LogP contribution in [0.15, 0.2) is 18.3 Å². The number of aromatic nitrogens is 1. The number of carboxylic acid groups (broad SMARTS) is 1. The molecule has 2 saturated heterocycles. The molecule has 3 heterocycles. The number of carbonyl (C=O) groups is 1. The highest BCUT2D eigenvalue weighted by Crippen LogP contribution is 2.32. The summed E-state index contributed by atoms with van der Waals surface area (Å²) in [4.78, 5) is 18.8.